The number of carbonyl (C=O) groups is 1. The molecule has 0 saturated carbocycles. The van der Waals surface area contributed by atoms with E-state index in [1.165, 1.54) is 44.9 Å². The molecule has 0 radical (unpaired) electrons. The average molecular weight is 396 g/mol. The molecule has 164 valence electrons. The van der Waals surface area contributed by atoms with Crippen LogP contribution in [-0.2, 0) is 4.79 Å². The van der Waals surface area contributed by atoms with E-state index in [0.717, 1.165) is 38.5 Å². The minimum atomic E-state index is -0.833. The molecule has 1 amide bonds. The van der Waals surface area contributed by atoms with Gasteiger partial charge in [-0.2, -0.15) is 0 Å². The van der Waals surface area contributed by atoms with Crippen LogP contribution in [0.4, 0.5) is 0 Å². The van der Waals surface area contributed by atoms with Crippen molar-refractivity contribution in [2.45, 2.75) is 116 Å². The minimum Gasteiger partial charge on any atom is -0.394 e. The van der Waals surface area contributed by atoms with E-state index < -0.39 is 12.1 Å². The highest BCUT2D eigenvalue weighted by Crippen LogP contribution is 2.09. The summed E-state index contributed by atoms with van der Waals surface area (Å²) < 4.78 is 0. The molecule has 28 heavy (non-hydrogen) atoms. The van der Waals surface area contributed by atoms with Gasteiger partial charge in [-0.25, -0.2) is 0 Å². The summed E-state index contributed by atoms with van der Waals surface area (Å²) in [5.74, 6) is -0.0898. The molecule has 0 aliphatic carbocycles. The van der Waals surface area contributed by atoms with Crippen LogP contribution in [0.3, 0.4) is 0 Å². The van der Waals surface area contributed by atoms with Crippen molar-refractivity contribution >= 4 is 5.91 Å². The predicted octanol–water partition coefficient (Wildman–Crippen LogP) is 5.44. The molecule has 0 bridgehead atoms. The first-order valence-corrected chi connectivity index (χ1v) is 11.6. The number of carbonyl (C=O) groups excluding carboxylic acids is 1. The molecule has 0 heterocycles. The Morgan fingerprint density at radius 1 is 0.821 bits per heavy atom. The second-order valence-corrected chi connectivity index (χ2v) is 7.69. The standard InChI is InChI=1S/C24H45NO3/c1-3-5-7-8-9-10-11-12-13-14-15-16-18-20-24(28)25-22(21-26)23(27)19-17-6-4-2/h10-11,17,19,22-23,26-27H,3-9,12-16,18,20-21H2,1-2H3,(H,25,28)/b11-10-,19-17+. The van der Waals surface area contributed by atoms with Crippen LogP contribution in [0.25, 0.3) is 0 Å². The second kappa shape index (κ2) is 20.6. The molecule has 4 nitrogen and oxygen atoms in total. The summed E-state index contributed by atoms with van der Waals surface area (Å²) in [6.45, 7) is 4.05. The van der Waals surface area contributed by atoms with E-state index in [0.29, 0.717) is 6.42 Å². The van der Waals surface area contributed by atoms with Gasteiger partial charge in [-0.3, -0.25) is 4.79 Å². The third-order valence-electron chi connectivity index (χ3n) is 4.91. The van der Waals surface area contributed by atoms with Crippen molar-refractivity contribution < 1.29 is 15.0 Å². The van der Waals surface area contributed by atoms with Crippen molar-refractivity contribution in [3.8, 4) is 0 Å². The third-order valence-corrected chi connectivity index (χ3v) is 4.91. The van der Waals surface area contributed by atoms with Gasteiger partial charge in [0.2, 0.25) is 5.91 Å². The molecule has 2 atom stereocenters. The number of rotatable bonds is 19. The van der Waals surface area contributed by atoms with Crippen molar-refractivity contribution in [2.75, 3.05) is 6.61 Å². The number of nitrogens with one attached hydrogen (secondary N) is 1. The Kier molecular flexibility index (Phi) is 19.8. The van der Waals surface area contributed by atoms with E-state index in [2.05, 4.69) is 31.3 Å². The first-order valence-electron chi connectivity index (χ1n) is 11.6. The van der Waals surface area contributed by atoms with Crippen molar-refractivity contribution in [2.24, 2.45) is 0 Å². The first-order chi connectivity index (χ1) is 13.7. The summed E-state index contributed by atoms with van der Waals surface area (Å²) >= 11 is 0. The van der Waals surface area contributed by atoms with Crippen LogP contribution in [0.5, 0.6) is 0 Å². The SMILES string of the molecule is CCC/C=C/C(O)C(CO)NC(=O)CCCCCCC/C=C\CCCCCC. The number of allylic oxidation sites excluding steroid dienone is 3. The molecular weight excluding hydrogens is 350 g/mol. The number of hydrogen-bond donors (Lipinski definition) is 3. The fourth-order valence-corrected chi connectivity index (χ4v) is 3.06. The zero-order valence-corrected chi connectivity index (χ0v) is 18.4. The number of amides is 1. The minimum absolute atomic E-state index is 0.0898. The molecule has 0 aliphatic heterocycles. The molecule has 0 fully saturated rings. The van der Waals surface area contributed by atoms with Crippen molar-refractivity contribution in [1.82, 2.24) is 5.32 Å². The highest BCUT2D eigenvalue weighted by molar-refractivity contribution is 5.76. The predicted molar refractivity (Wildman–Crippen MR) is 119 cm³/mol. The number of aliphatic hydroxyl groups is 2. The summed E-state index contributed by atoms with van der Waals surface area (Å²) in [6, 6.07) is -0.616. The topological polar surface area (TPSA) is 69.6 Å². The molecular formula is C24H45NO3. The molecule has 0 saturated heterocycles. The summed E-state index contributed by atoms with van der Waals surface area (Å²) in [5.41, 5.74) is 0. The van der Waals surface area contributed by atoms with Gasteiger partial charge in [0.25, 0.3) is 0 Å². The van der Waals surface area contributed by atoms with Gasteiger partial charge in [-0.15, -0.1) is 0 Å². The Labute approximate surface area is 173 Å². The third kappa shape index (κ3) is 17.0. The quantitative estimate of drug-likeness (QED) is 0.201. The van der Waals surface area contributed by atoms with E-state index in [9.17, 15) is 15.0 Å². The Morgan fingerprint density at radius 2 is 1.43 bits per heavy atom. The zero-order valence-electron chi connectivity index (χ0n) is 18.4. The van der Waals surface area contributed by atoms with Gasteiger partial charge >= 0.3 is 0 Å². The fourth-order valence-electron chi connectivity index (χ4n) is 3.06. The van der Waals surface area contributed by atoms with E-state index >= 15 is 0 Å². The maximum absolute atomic E-state index is 12.0. The van der Waals surface area contributed by atoms with E-state index in [4.69, 9.17) is 0 Å². The van der Waals surface area contributed by atoms with Crippen LogP contribution in [0.1, 0.15) is 104 Å². The largest absolute Gasteiger partial charge is 0.394 e. The van der Waals surface area contributed by atoms with Crippen LogP contribution in [0, 0.1) is 0 Å². The Morgan fingerprint density at radius 3 is 2.04 bits per heavy atom. The van der Waals surface area contributed by atoms with Gasteiger partial charge in [0.15, 0.2) is 0 Å². The summed E-state index contributed by atoms with van der Waals surface area (Å²) in [6.07, 6.45) is 22.9. The Bertz CT molecular complexity index is 407. The van der Waals surface area contributed by atoms with Crippen molar-refractivity contribution in [3.05, 3.63) is 24.3 Å². The zero-order chi connectivity index (χ0) is 20.9. The van der Waals surface area contributed by atoms with E-state index in [1.54, 1.807) is 6.08 Å². The Hall–Kier alpha value is -1.13. The molecule has 0 spiro atoms. The summed E-state index contributed by atoms with van der Waals surface area (Å²) in [7, 11) is 0. The van der Waals surface area contributed by atoms with E-state index in [1.807, 2.05) is 6.08 Å². The second-order valence-electron chi connectivity index (χ2n) is 7.69. The van der Waals surface area contributed by atoms with Crippen LogP contribution < -0.4 is 5.32 Å². The van der Waals surface area contributed by atoms with Crippen LogP contribution in [-0.4, -0.2) is 34.9 Å². The average Bonchev–Trinajstić information content (AvgIpc) is 2.69. The smallest absolute Gasteiger partial charge is 0.220 e. The van der Waals surface area contributed by atoms with Gasteiger partial charge in [0.1, 0.15) is 0 Å². The van der Waals surface area contributed by atoms with Gasteiger partial charge in [0.05, 0.1) is 18.8 Å². The maximum Gasteiger partial charge on any atom is 0.220 e. The lowest BCUT2D eigenvalue weighted by Crippen LogP contribution is -2.45. The van der Waals surface area contributed by atoms with Crippen LogP contribution in [0.15, 0.2) is 24.3 Å². The van der Waals surface area contributed by atoms with Gasteiger partial charge in [-0.1, -0.05) is 83.1 Å². The highest BCUT2D eigenvalue weighted by Gasteiger charge is 2.17. The summed E-state index contributed by atoms with van der Waals surface area (Å²) in [4.78, 5) is 12.0. The first kappa shape index (κ1) is 26.9. The van der Waals surface area contributed by atoms with Crippen LogP contribution in [0.2, 0.25) is 0 Å². The van der Waals surface area contributed by atoms with E-state index in [-0.39, 0.29) is 12.5 Å². The lowest BCUT2D eigenvalue weighted by Gasteiger charge is -2.19. The van der Waals surface area contributed by atoms with Crippen molar-refractivity contribution in [1.29, 1.82) is 0 Å². The summed E-state index contributed by atoms with van der Waals surface area (Å²) in [5, 5.41) is 22.1. The van der Waals surface area contributed by atoms with Crippen LogP contribution >= 0.6 is 0 Å². The van der Waals surface area contributed by atoms with Crippen molar-refractivity contribution in [3.63, 3.8) is 0 Å². The number of hydrogen-bond acceptors (Lipinski definition) is 3. The molecule has 0 aliphatic rings. The molecule has 4 heteroatoms. The molecule has 3 N–H and O–H groups in total. The number of unbranched alkanes of at least 4 members (excludes halogenated alkanes) is 10. The highest BCUT2D eigenvalue weighted by atomic mass is 16.3. The molecule has 0 aromatic heterocycles. The molecule has 0 aromatic rings. The maximum atomic E-state index is 12.0. The van der Waals surface area contributed by atoms with Gasteiger partial charge < -0.3 is 15.5 Å². The number of aliphatic hydroxyl groups excluding tert-OH is 2. The van der Waals surface area contributed by atoms with Gasteiger partial charge in [-0.05, 0) is 38.5 Å². The molecule has 2 unspecified atom stereocenters. The molecule has 0 aromatic carbocycles. The molecule has 0 rings (SSSR count). The monoisotopic (exact) mass is 395 g/mol. The fraction of sp³-hybridized carbons (Fsp3) is 0.792. The lowest BCUT2D eigenvalue weighted by molar-refractivity contribution is -0.123. The van der Waals surface area contributed by atoms with Gasteiger partial charge in [0, 0.05) is 6.42 Å². The normalized spacial score (nSPS) is 14.0. The lowest BCUT2D eigenvalue weighted by atomic mass is 10.1. The Balaban J connectivity index is 3.64.